The van der Waals surface area contributed by atoms with Crippen molar-refractivity contribution in [2.75, 3.05) is 6.54 Å². The second-order valence-corrected chi connectivity index (χ2v) is 6.73. The molecule has 0 radical (unpaired) electrons. The minimum absolute atomic E-state index is 0.0986. The van der Waals surface area contributed by atoms with Crippen molar-refractivity contribution in [3.8, 4) is 0 Å². The van der Waals surface area contributed by atoms with E-state index in [1.165, 1.54) is 10.5 Å². The number of amides is 2. The van der Waals surface area contributed by atoms with Crippen LogP contribution in [0.3, 0.4) is 0 Å². The molecule has 1 aliphatic heterocycles. The van der Waals surface area contributed by atoms with Crippen LogP contribution in [0.1, 0.15) is 57.2 Å². The van der Waals surface area contributed by atoms with Crippen LogP contribution in [0.15, 0.2) is 24.3 Å². The summed E-state index contributed by atoms with van der Waals surface area (Å²) in [6.45, 7) is 6.75. The third-order valence-corrected chi connectivity index (χ3v) is 3.97. The van der Waals surface area contributed by atoms with Gasteiger partial charge < -0.3 is 5.73 Å². The van der Waals surface area contributed by atoms with E-state index in [0.29, 0.717) is 19.3 Å². The Bertz CT molecular complexity index is 513. The summed E-state index contributed by atoms with van der Waals surface area (Å²) < 4.78 is 0. The Balaban J connectivity index is 2.08. The first-order chi connectivity index (χ1) is 9.79. The van der Waals surface area contributed by atoms with Gasteiger partial charge in [-0.2, -0.15) is 0 Å². The maximum Gasteiger partial charge on any atom is 0.229 e. The fourth-order valence-electron chi connectivity index (χ4n) is 2.54. The Hall–Kier alpha value is -1.68. The number of hydrogen-bond acceptors (Lipinski definition) is 3. The van der Waals surface area contributed by atoms with Crippen LogP contribution in [0.5, 0.6) is 0 Å². The van der Waals surface area contributed by atoms with Crippen molar-refractivity contribution < 1.29 is 9.59 Å². The molecule has 0 aromatic heterocycles. The van der Waals surface area contributed by atoms with Crippen LogP contribution >= 0.6 is 0 Å². The Morgan fingerprint density at radius 3 is 2.10 bits per heavy atom. The molecule has 1 saturated heterocycles. The van der Waals surface area contributed by atoms with Crippen LogP contribution in [0.2, 0.25) is 0 Å². The third kappa shape index (κ3) is 3.70. The van der Waals surface area contributed by atoms with Crippen LogP contribution in [0.4, 0.5) is 0 Å². The molecule has 1 aromatic rings. The normalized spacial score (nSPS) is 18.0. The quantitative estimate of drug-likeness (QED) is 0.869. The van der Waals surface area contributed by atoms with Crippen LogP contribution in [0.25, 0.3) is 0 Å². The number of nitrogens with two attached hydrogens (primary N) is 1. The molecule has 1 atom stereocenters. The summed E-state index contributed by atoms with van der Waals surface area (Å²) in [5.41, 5.74) is 8.45. The number of hydrogen-bond donors (Lipinski definition) is 1. The number of carbonyl (C=O) groups is 2. The Morgan fingerprint density at radius 1 is 1.10 bits per heavy atom. The minimum atomic E-state index is -0.329. The van der Waals surface area contributed by atoms with Gasteiger partial charge in [0.1, 0.15) is 0 Å². The van der Waals surface area contributed by atoms with E-state index < -0.39 is 0 Å². The SMILES string of the molecule is CC(C)(C)c1ccc(C(N)CN2C(=O)CCCC2=O)cc1. The molecule has 4 heteroatoms. The zero-order chi connectivity index (χ0) is 15.6. The Morgan fingerprint density at radius 2 is 1.62 bits per heavy atom. The van der Waals surface area contributed by atoms with Gasteiger partial charge >= 0.3 is 0 Å². The largest absolute Gasteiger partial charge is 0.322 e. The van der Waals surface area contributed by atoms with Crippen LogP contribution < -0.4 is 5.73 Å². The van der Waals surface area contributed by atoms with Crippen LogP contribution in [-0.2, 0) is 15.0 Å². The maximum absolute atomic E-state index is 11.8. The summed E-state index contributed by atoms with van der Waals surface area (Å²) in [5.74, 6) is -0.207. The molecule has 1 heterocycles. The number of imide groups is 1. The summed E-state index contributed by atoms with van der Waals surface area (Å²) in [6, 6.07) is 7.78. The lowest BCUT2D eigenvalue weighted by atomic mass is 9.86. The van der Waals surface area contributed by atoms with Gasteiger partial charge in [-0.15, -0.1) is 0 Å². The van der Waals surface area contributed by atoms with Gasteiger partial charge in [-0.25, -0.2) is 0 Å². The molecule has 114 valence electrons. The summed E-state index contributed by atoms with van der Waals surface area (Å²) >= 11 is 0. The lowest BCUT2D eigenvalue weighted by Gasteiger charge is -2.28. The highest BCUT2D eigenvalue weighted by Gasteiger charge is 2.27. The summed E-state index contributed by atoms with van der Waals surface area (Å²) in [5, 5.41) is 0. The van der Waals surface area contributed by atoms with Crippen LogP contribution in [-0.4, -0.2) is 23.3 Å². The average molecular weight is 288 g/mol. The number of carbonyl (C=O) groups excluding carboxylic acids is 2. The van der Waals surface area contributed by atoms with Gasteiger partial charge in [-0.05, 0) is 23.0 Å². The zero-order valence-electron chi connectivity index (χ0n) is 13.1. The molecule has 0 bridgehead atoms. The van der Waals surface area contributed by atoms with E-state index in [2.05, 4.69) is 32.9 Å². The first kappa shape index (κ1) is 15.7. The molecule has 0 saturated carbocycles. The Labute approximate surface area is 126 Å². The van der Waals surface area contributed by atoms with Crippen molar-refractivity contribution in [3.05, 3.63) is 35.4 Å². The van der Waals surface area contributed by atoms with Crippen molar-refractivity contribution in [3.63, 3.8) is 0 Å². The highest BCUT2D eigenvalue weighted by atomic mass is 16.2. The second kappa shape index (κ2) is 5.98. The molecule has 4 nitrogen and oxygen atoms in total. The molecule has 2 rings (SSSR count). The van der Waals surface area contributed by atoms with Gasteiger partial charge in [-0.1, -0.05) is 45.0 Å². The van der Waals surface area contributed by atoms with Crippen molar-refractivity contribution in [2.24, 2.45) is 5.73 Å². The van der Waals surface area contributed by atoms with E-state index in [-0.39, 0.29) is 29.8 Å². The second-order valence-electron chi connectivity index (χ2n) is 6.73. The van der Waals surface area contributed by atoms with Crippen molar-refractivity contribution in [2.45, 2.75) is 51.5 Å². The molecule has 1 aliphatic rings. The number of nitrogens with zero attached hydrogens (tertiary/aromatic N) is 1. The van der Waals surface area contributed by atoms with E-state index >= 15 is 0 Å². The highest BCUT2D eigenvalue weighted by molar-refractivity contribution is 5.97. The molecule has 2 amide bonds. The van der Waals surface area contributed by atoms with Gasteiger partial charge in [0.25, 0.3) is 0 Å². The molecule has 21 heavy (non-hydrogen) atoms. The lowest BCUT2D eigenvalue weighted by molar-refractivity contribution is -0.148. The highest BCUT2D eigenvalue weighted by Crippen LogP contribution is 2.24. The predicted octanol–water partition coefficient (Wildman–Crippen LogP) is 2.52. The maximum atomic E-state index is 11.8. The van der Waals surface area contributed by atoms with Gasteiger partial charge in [-0.3, -0.25) is 14.5 Å². The average Bonchev–Trinajstić information content (AvgIpc) is 2.42. The fourth-order valence-corrected chi connectivity index (χ4v) is 2.54. The van der Waals surface area contributed by atoms with E-state index in [4.69, 9.17) is 5.73 Å². The van der Waals surface area contributed by atoms with E-state index in [1.807, 2.05) is 12.1 Å². The summed E-state index contributed by atoms with van der Waals surface area (Å²) in [4.78, 5) is 24.9. The van der Waals surface area contributed by atoms with Gasteiger partial charge in [0.15, 0.2) is 0 Å². The molecule has 0 spiro atoms. The van der Waals surface area contributed by atoms with Crippen molar-refractivity contribution >= 4 is 11.8 Å². The van der Waals surface area contributed by atoms with E-state index in [0.717, 1.165) is 5.56 Å². The smallest absolute Gasteiger partial charge is 0.229 e. The Kier molecular flexibility index (Phi) is 4.47. The number of benzene rings is 1. The molecule has 1 aromatic carbocycles. The zero-order valence-corrected chi connectivity index (χ0v) is 13.1. The van der Waals surface area contributed by atoms with Gasteiger partial charge in [0.2, 0.25) is 11.8 Å². The minimum Gasteiger partial charge on any atom is -0.322 e. The molecule has 0 aliphatic carbocycles. The fraction of sp³-hybridized carbons (Fsp3) is 0.529. The number of rotatable bonds is 3. The summed E-state index contributed by atoms with van der Waals surface area (Å²) in [6.07, 6.45) is 1.55. The van der Waals surface area contributed by atoms with Crippen molar-refractivity contribution in [1.29, 1.82) is 0 Å². The standard InChI is InChI=1S/C17H24N2O2/c1-17(2,3)13-9-7-12(8-10-13)14(18)11-19-15(20)5-4-6-16(19)21/h7-10,14H,4-6,11,18H2,1-3H3. The molecule has 2 N–H and O–H groups in total. The first-order valence-electron chi connectivity index (χ1n) is 7.48. The number of likely N-dealkylation sites (tertiary alicyclic amines) is 1. The monoisotopic (exact) mass is 288 g/mol. The van der Waals surface area contributed by atoms with Crippen molar-refractivity contribution in [1.82, 2.24) is 4.90 Å². The topological polar surface area (TPSA) is 63.4 Å². The third-order valence-electron chi connectivity index (χ3n) is 3.97. The summed E-state index contributed by atoms with van der Waals surface area (Å²) in [7, 11) is 0. The molecular formula is C17H24N2O2. The molecular weight excluding hydrogens is 264 g/mol. The van der Waals surface area contributed by atoms with Crippen LogP contribution in [0, 0.1) is 0 Å². The van der Waals surface area contributed by atoms with Gasteiger partial charge in [0.05, 0.1) is 0 Å². The lowest BCUT2D eigenvalue weighted by Crippen LogP contribution is -2.43. The molecule has 1 fully saturated rings. The van der Waals surface area contributed by atoms with E-state index in [1.54, 1.807) is 0 Å². The molecule has 1 unspecified atom stereocenters. The van der Waals surface area contributed by atoms with E-state index in [9.17, 15) is 9.59 Å². The first-order valence-corrected chi connectivity index (χ1v) is 7.48. The predicted molar refractivity (Wildman–Crippen MR) is 82.6 cm³/mol. The van der Waals surface area contributed by atoms with Gasteiger partial charge in [0, 0.05) is 25.4 Å². The number of piperidine rings is 1.